The van der Waals surface area contributed by atoms with Gasteiger partial charge in [0, 0.05) is 23.2 Å². The van der Waals surface area contributed by atoms with Crippen LogP contribution in [0.2, 0.25) is 5.02 Å². The van der Waals surface area contributed by atoms with Crippen molar-refractivity contribution in [3.05, 3.63) is 64.2 Å². The average molecular weight is 312 g/mol. The Hall–Kier alpha value is -1.65. The van der Waals surface area contributed by atoms with Gasteiger partial charge in [0.15, 0.2) is 11.6 Å². The largest absolute Gasteiger partial charge is 0.494 e. The summed E-state index contributed by atoms with van der Waals surface area (Å²) in [4.78, 5) is 0. The fraction of sp³-hybridized carbons (Fsp3) is 0.250. The van der Waals surface area contributed by atoms with Gasteiger partial charge in [-0.05, 0) is 36.8 Å². The van der Waals surface area contributed by atoms with Crippen LogP contribution in [0, 0.1) is 11.6 Å². The van der Waals surface area contributed by atoms with Gasteiger partial charge in [-0.1, -0.05) is 23.7 Å². The molecule has 0 heterocycles. The van der Waals surface area contributed by atoms with Crippen LogP contribution in [0.3, 0.4) is 0 Å². The van der Waals surface area contributed by atoms with Crippen LogP contribution < -0.4 is 10.1 Å². The molecular weight excluding hydrogens is 296 g/mol. The molecule has 2 aromatic rings. The van der Waals surface area contributed by atoms with Crippen molar-refractivity contribution in [1.29, 1.82) is 0 Å². The summed E-state index contributed by atoms with van der Waals surface area (Å²) in [5.41, 5.74) is 1.15. The van der Waals surface area contributed by atoms with E-state index < -0.39 is 5.82 Å². The van der Waals surface area contributed by atoms with E-state index in [0.717, 1.165) is 5.56 Å². The number of ether oxygens (including phenoxy) is 1. The van der Waals surface area contributed by atoms with Gasteiger partial charge >= 0.3 is 0 Å². The number of benzene rings is 2. The SMILES string of the molecule is COc1ccc(C(C)NCc2c(F)cccc2Cl)cc1F. The first-order valence-electron chi connectivity index (χ1n) is 6.52. The first kappa shape index (κ1) is 15.7. The summed E-state index contributed by atoms with van der Waals surface area (Å²) in [7, 11) is 1.42. The second kappa shape index (κ2) is 6.87. The number of nitrogens with one attached hydrogen (secondary N) is 1. The molecule has 0 saturated heterocycles. The lowest BCUT2D eigenvalue weighted by atomic mass is 10.1. The van der Waals surface area contributed by atoms with E-state index in [4.69, 9.17) is 16.3 Å². The summed E-state index contributed by atoms with van der Waals surface area (Å²) in [6, 6.07) is 9.14. The van der Waals surface area contributed by atoms with Crippen molar-refractivity contribution >= 4 is 11.6 Å². The van der Waals surface area contributed by atoms with E-state index in [1.807, 2.05) is 6.92 Å². The summed E-state index contributed by atoms with van der Waals surface area (Å²) in [6.07, 6.45) is 0. The van der Waals surface area contributed by atoms with Crippen LogP contribution in [-0.2, 0) is 6.54 Å². The Kier molecular flexibility index (Phi) is 5.15. The molecule has 0 aliphatic carbocycles. The molecule has 0 fully saturated rings. The Bertz CT molecular complexity index is 613. The molecule has 0 aliphatic rings. The number of halogens is 3. The molecule has 2 nitrogen and oxygen atoms in total. The van der Waals surface area contributed by atoms with E-state index in [1.54, 1.807) is 24.3 Å². The monoisotopic (exact) mass is 311 g/mol. The van der Waals surface area contributed by atoms with Gasteiger partial charge in [0.1, 0.15) is 5.82 Å². The van der Waals surface area contributed by atoms with E-state index in [2.05, 4.69) is 5.32 Å². The van der Waals surface area contributed by atoms with Gasteiger partial charge in [-0.15, -0.1) is 0 Å². The normalized spacial score (nSPS) is 12.2. The zero-order chi connectivity index (χ0) is 15.4. The Morgan fingerprint density at radius 3 is 2.57 bits per heavy atom. The zero-order valence-electron chi connectivity index (χ0n) is 11.8. The number of rotatable bonds is 5. The van der Waals surface area contributed by atoms with Crippen LogP contribution >= 0.6 is 11.6 Å². The van der Waals surface area contributed by atoms with Gasteiger partial charge < -0.3 is 10.1 Å². The summed E-state index contributed by atoms with van der Waals surface area (Å²) in [5, 5.41) is 3.50. The maximum atomic E-state index is 13.7. The lowest BCUT2D eigenvalue weighted by Crippen LogP contribution is -2.19. The molecule has 1 N–H and O–H groups in total. The lowest BCUT2D eigenvalue weighted by Gasteiger charge is -2.16. The van der Waals surface area contributed by atoms with Crippen molar-refractivity contribution in [2.75, 3.05) is 7.11 Å². The van der Waals surface area contributed by atoms with Gasteiger partial charge in [0.25, 0.3) is 0 Å². The standard InChI is InChI=1S/C16H16ClF2NO/c1-10(11-6-7-16(21-2)15(19)8-11)20-9-12-13(17)4-3-5-14(12)18/h3-8,10,20H,9H2,1-2H3. The van der Waals surface area contributed by atoms with Crippen molar-refractivity contribution in [2.45, 2.75) is 19.5 Å². The second-order valence-corrected chi connectivity index (χ2v) is 5.10. The molecule has 0 aromatic heterocycles. The van der Waals surface area contributed by atoms with Crippen molar-refractivity contribution in [3.63, 3.8) is 0 Å². The first-order chi connectivity index (χ1) is 10.0. The van der Waals surface area contributed by atoms with E-state index in [9.17, 15) is 8.78 Å². The number of methoxy groups -OCH3 is 1. The fourth-order valence-electron chi connectivity index (χ4n) is 2.03. The number of hydrogen-bond donors (Lipinski definition) is 1. The fourth-order valence-corrected chi connectivity index (χ4v) is 2.26. The highest BCUT2D eigenvalue weighted by molar-refractivity contribution is 6.31. The Morgan fingerprint density at radius 1 is 1.19 bits per heavy atom. The molecule has 2 rings (SSSR count). The molecule has 2 aromatic carbocycles. The van der Waals surface area contributed by atoms with E-state index >= 15 is 0 Å². The van der Waals surface area contributed by atoms with Crippen LogP contribution in [0.25, 0.3) is 0 Å². The molecule has 0 saturated carbocycles. The molecule has 5 heteroatoms. The minimum atomic E-state index is -0.424. The summed E-state index contributed by atoms with van der Waals surface area (Å²) in [5.74, 6) is -0.584. The highest BCUT2D eigenvalue weighted by Gasteiger charge is 2.12. The molecule has 1 atom stereocenters. The minimum Gasteiger partial charge on any atom is -0.494 e. The van der Waals surface area contributed by atoms with Crippen LogP contribution in [0.5, 0.6) is 5.75 Å². The average Bonchev–Trinajstić information content (AvgIpc) is 2.46. The van der Waals surface area contributed by atoms with E-state index in [-0.39, 0.29) is 24.2 Å². The van der Waals surface area contributed by atoms with Gasteiger partial charge in [-0.25, -0.2) is 8.78 Å². The van der Waals surface area contributed by atoms with Crippen molar-refractivity contribution in [3.8, 4) is 5.75 Å². The van der Waals surface area contributed by atoms with E-state index in [1.165, 1.54) is 19.2 Å². The third kappa shape index (κ3) is 3.71. The molecule has 21 heavy (non-hydrogen) atoms. The molecule has 1 unspecified atom stereocenters. The smallest absolute Gasteiger partial charge is 0.165 e. The molecule has 0 bridgehead atoms. The Morgan fingerprint density at radius 2 is 1.95 bits per heavy atom. The van der Waals surface area contributed by atoms with Crippen LogP contribution in [0.1, 0.15) is 24.1 Å². The summed E-state index contributed by atoms with van der Waals surface area (Å²) in [6.45, 7) is 2.14. The third-order valence-electron chi connectivity index (χ3n) is 3.32. The highest BCUT2D eigenvalue weighted by Crippen LogP contribution is 2.23. The minimum absolute atomic E-state index is 0.152. The summed E-state index contributed by atoms with van der Waals surface area (Å²) < 4.78 is 32.2. The van der Waals surface area contributed by atoms with Crippen LogP contribution in [0.15, 0.2) is 36.4 Å². The maximum absolute atomic E-state index is 13.7. The summed E-state index contributed by atoms with van der Waals surface area (Å²) >= 11 is 5.97. The second-order valence-electron chi connectivity index (χ2n) is 4.70. The zero-order valence-corrected chi connectivity index (χ0v) is 12.5. The van der Waals surface area contributed by atoms with Crippen LogP contribution in [-0.4, -0.2) is 7.11 Å². The molecule has 0 spiro atoms. The first-order valence-corrected chi connectivity index (χ1v) is 6.90. The lowest BCUT2D eigenvalue weighted by molar-refractivity contribution is 0.385. The van der Waals surface area contributed by atoms with Gasteiger partial charge in [0.2, 0.25) is 0 Å². The predicted molar refractivity (Wildman–Crippen MR) is 79.6 cm³/mol. The van der Waals surface area contributed by atoms with Gasteiger partial charge in [-0.2, -0.15) is 0 Å². The maximum Gasteiger partial charge on any atom is 0.165 e. The van der Waals surface area contributed by atoms with Gasteiger partial charge in [-0.3, -0.25) is 0 Å². The molecule has 0 amide bonds. The topological polar surface area (TPSA) is 21.3 Å². The van der Waals surface area contributed by atoms with Crippen molar-refractivity contribution in [1.82, 2.24) is 5.32 Å². The van der Waals surface area contributed by atoms with Crippen molar-refractivity contribution in [2.24, 2.45) is 0 Å². The third-order valence-corrected chi connectivity index (χ3v) is 3.68. The molecule has 112 valence electrons. The molecule has 0 radical (unpaired) electrons. The number of hydrogen-bond acceptors (Lipinski definition) is 2. The predicted octanol–water partition coefficient (Wildman–Crippen LogP) is 4.48. The van der Waals surface area contributed by atoms with Crippen LogP contribution in [0.4, 0.5) is 8.78 Å². The molecular formula is C16H16ClF2NO. The quantitative estimate of drug-likeness (QED) is 0.879. The van der Waals surface area contributed by atoms with E-state index in [0.29, 0.717) is 10.6 Å². The van der Waals surface area contributed by atoms with Crippen molar-refractivity contribution < 1.29 is 13.5 Å². The Labute approximate surface area is 127 Å². The van der Waals surface area contributed by atoms with Gasteiger partial charge in [0.05, 0.1) is 7.11 Å². The Balaban J connectivity index is 2.08. The molecule has 0 aliphatic heterocycles. The highest BCUT2D eigenvalue weighted by atomic mass is 35.5.